The number of ether oxygens (including phenoxy) is 1. The predicted octanol–water partition coefficient (Wildman–Crippen LogP) is 1.70. The smallest absolute Gasteiger partial charge is 0.313 e. The van der Waals surface area contributed by atoms with E-state index in [2.05, 4.69) is 4.98 Å². The van der Waals surface area contributed by atoms with Crippen LogP contribution < -0.4 is 5.73 Å². The first-order valence-electron chi connectivity index (χ1n) is 4.74. The lowest BCUT2D eigenvalue weighted by Crippen LogP contribution is -2.37. The molecular weight excluding hydrogens is 228 g/mol. The lowest BCUT2D eigenvalue weighted by atomic mass is 9.81. The van der Waals surface area contributed by atoms with E-state index in [4.69, 9.17) is 10.5 Å². The van der Waals surface area contributed by atoms with Crippen molar-refractivity contribution in [2.75, 3.05) is 7.11 Å². The van der Waals surface area contributed by atoms with Gasteiger partial charge in [0.05, 0.1) is 12.5 Å². The summed E-state index contributed by atoms with van der Waals surface area (Å²) in [5.74, 6) is -0.313. The molecule has 0 unspecified atom stereocenters. The van der Waals surface area contributed by atoms with E-state index >= 15 is 0 Å². The van der Waals surface area contributed by atoms with E-state index in [0.29, 0.717) is 0 Å². The van der Waals surface area contributed by atoms with Crippen LogP contribution in [0.2, 0.25) is 0 Å². The fourth-order valence-corrected chi connectivity index (χ4v) is 1.38. The Morgan fingerprint density at radius 1 is 1.44 bits per heavy atom. The molecule has 1 atom stereocenters. The molecule has 0 saturated carbocycles. The second-order valence-corrected chi connectivity index (χ2v) is 3.97. The van der Waals surface area contributed by atoms with E-state index in [-0.39, 0.29) is 18.4 Å². The molecule has 4 nitrogen and oxygen atoms in total. The molecule has 1 aromatic heterocycles. The molecule has 0 aliphatic carbocycles. The van der Waals surface area contributed by atoms with Gasteiger partial charge in [0.25, 0.3) is 0 Å². The van der Waals surface area contributed by atoms with Crippen LogP contribution in [-0.4, -0.2) is 18.1 Å². The Balaban J connectivity index is 0.00000225. The predicted molar refractivity (Wildman–Crippen MR) is 64.2 cm³/mol. The maximum atomic E-state index is 11.5. The third-order valence-electron chi connectivity index (χ3n) is 2.55. The lowest BCUT2D eigenvalue weighted by molar-refractivity contribution is -0.152. The van der Waals surface area contributed by atoms with E-state index in [9.17, 15) is 4.79 Å². The quantitative estimate of drug-likeness (QED) is 0.822. The Morgan fingerprint density at radius 3 is 2.38 bits per heavy atom. The first-order valence-corrected chi connectivity index (χ1v) is 4.74. The molecule has 0 bridgehead atoms. The first-order chi connectivity index (χ1) is 7.00. The normalized spacial score (nSPS) is 12.5. The summed E-state index contributed by atoms with van der Waals surface area (Å²) in [6, 6.07) is 3.21. The number of nitrogens with zero attached hydrogens (tertiary/aromatic N) is 1. The van der Waals surface area contributed by atoms with Gasteiger partial charge in [-0.1, -0.05) is 0 Å². The van der Waals surface area contributed by atoms with Crippen LogP contribution in [0, 0.1) is 5.41 Å². The van der Waals surface area contributed by atoms with Crippen molar-refractivity contribution in [1.82, 2.24) is 4.98 Å². The van der Waals surface area contributed by atoms with Crippen molar-refractivity contribution in [3.05, 3.63) is 30.1 Å². The summed E-state index contributed by atoms with van der Waals surface area (Å²) < 4.78 is 4.72. The van der Waals surface area contributed by atoms with Crippen molar-refractivity contribution in [3.8, 4) is 0 Å². The van der Waals surface area contributed by atoms with Crippen LogP contribution in [-0.2, 0) is 9.53 Å². The zero-order valence-corrected chi connectivity index (χ0v) is 10.5. The summed E-state index contributed by atoms with van der Waals surface area (Å²) in [6.45, 7) is 3.54. The van der Waals surface area contributed by atoms with Gasteiger partial charge in [-0.05, 0) is 31.5 Å². The Hall–Kier alpha value is -1.13. The minimum absolute atomic E-state index is 0. The Bertz CT molecular complexity index is 341. The first kappa shape index (κ1) is 14.9. The molecule has 0 aliphatic heterocycles. The van der Waals surface area contributed by atoms with Crippen LogP contribution in [0.3, 0.4) is 0 Å². The third-order valence-corrected chi connectivity index (χ3v) is 2.55. The number of pyridine rings is 1. The lowest BCUT2D eigenvalue weighted by Gasteiger charge is -2.28. The number of carbonyl (C=O) groups excluding carboxylic acids is 1. The van der Waals surface area contributed by atoms with E-state index < -0.39 is 11.5 Å². The SMILES string of the molecule is COC(=O)C(C)(C)[C@@H](N)c1ccncc1.Cl. The average molecular weight is 245 g/mol. The highest BCUT2D eigenvalue weighted by Crippen LogP contribution is 2.31. The van der Waals surface area contributed by atoms with E-state index in [1.54, 1.807) is 38.4 Å². The van der Waals surface area contributed by atoms with E-state index in [0.717, 1.165) is 5.56 Å². The van der Waals surface area contributed by atoms with Gasteiger partial charge in [-0.3, -0.25) is 9.78 Å². The molecular formula is C11H17ClN2O2. The van der Waals surface area contributed by atoms with Crippen molar-refractivity contribution in [3.63, 3.8) is 0 Å². The summed E-state index contributed by atoms with van der Waals surface area (Å²) >= 11 is 0. The number of halogens is 1. The molecule has 0 spiro atoms. The molecule has 0 aromatic carbocycles. The Labute approximate surface area is 102 Å². The molecule has 1 aromatic rings. The number of esters is 1. The standard InChI is InChI=1S/C11H16N2O2.ClH/c1-11(2,10(14)15-3)9(12)8-4-6-13-7-5-8;/h4-7,9H,12H2,1-3H3;1H/t9-;/m0./s1. The van der Waals surface area contributed by atoms with Crippen molar-refractivity contribution < 1.29 is 9.53 Å². The number of rotatable bonds is 3. The van der Waals surface area contributed by atoms with Crippen LogP contribution in [0.5, 0.6) is 0 Å². The van der Waals surface area contributed by atoms with Gasteiger partial charge in [0.2, 0.25) is 0 Å². The molecule has 0 radical (unpaired) electrons. The summed E-state index contributed by atoms with van der Waals surface area (Å²) in [6.07, 6.45) is 3.31. The monoisotopic (exact) mass is 244 g/mol. The summed E-state index contributed by atoms with van der Waals surface area (Å²) in [5, 5.41) is 0. The summed E-state index contributed by atoms with van der Waals surface area (Å²) in [4.78, 5) is 15.4. The van der Waals surface area contributed by atoms with Crippen molar-refractivity contribution >= 4 is 18.4 Å². The van der Waals surface area contributed by atoms with Gasteiger partial charge in [0, 0.05) is 18.4 Å². The second kappa shape index (κ2) is 5.82. The fourth-order valence-electron chi connectivity index (χ4n) is 1.38. The topological polar surface area (TPSA) is 65.2 Å². The fraction of sp³-hybridized carbons (Fsp3) is 0.455. The maximum Gasteiger partial charge on any atom is 0.313 e. The van der Waals surface area contributed by atoms with Gasteiger partial charge in [-0.25, -0.2) is 0 Å². The number of carbonyl (C=O) groups is 1. The Morgan fingerprint density at radius 2 is 1.94 bits per heavy atom. The van der Waals surface area contributed by atoms with Crippen LogP contribution in [0.1, 0.15) is 25.5 Å². The highest BCUT2D eigenvalue weighted by atomic mass is 35.5. The third kappa shape index (κ3) is 2.93. The molecule has 1 heterocycles. The summed E-state index contributed by atoms with van der Waals surface area (Å²) in [7, 11) is 1.36. The van der Waals surface area contributed by atoms with Gasteiger partial charge in [0.1, 0.15) is 0 Å². The molecule has 16 heavy (non-hydrogen) atoms. The number of nitrogens with two attached hydrogens (primary N) is 1. The number of aromatic nitrogens is 1. The van der Waals surface area contributed by atoms with Crippen LogP contribution in [0.4, 0.5) is 0 Å². The molecule has 0 saturated heterocycles. The molecule has 2 N–H and O–H groups in total. The van der Waals surface area contributed by atoms with E-state index in [1.165, 1.54) is 7.11 Å². The molecule has 0 fully saturated rings. The van der Waals surface area contributed by atoms with Gasteiger partial charge in [0.15, 0.2) is 0 Å². The van der Waals surface area contributed by atoms with Gasteiger partial charge in [-0.15, -0.1) is 12.4 Å². The molecule has 5 heteroatoms. The maximum absolute atomic E-state index is 11.5. The molecule has 90 valence electrons. The van der Waals surface area contributed by atoms with Crippen molar-refractivity contribution in [2.24, 2.45) is 11.1 Å². The number of hydrogen-bond acceptors (Lipinski definition) is 4. The zero-order chi connectivity index (χ0) is 11.5. The highest BCUT2D eigenvalue weighted by molar-refractivity contribution is 5.85. The minimum atomic E-state index is -0.740. The van der Waals surface area contributed by atoms with Gasteiger partial charge >= 0.3 is 5.97 Å². The van der Waals surface area contributed by atoms with E-state index in [1.807, 2.05) is 0 Å². The molecule has 0 amide bonds. The largest absolute Gasteiger partial charge is 0.469 e. The number of hydrogen-bond donors (Lipinski definition) is 1. The minimum Gasteiger partial charge on any atom is -0.469 e. The zero-order valence-electron chi connectivity index (χ0n) is 9.64. The highest BCUT2D eigenvalue weighted by Gasteiger charge is 2.36. The van der Waals surface area contributed by atoms with Gasteiger partial charge < -0.3 is 10.5 Å². The van der Waals surface area contributed by atoms with Crippen molar-refractivity contribution in [1.29, 1.82) is 0 Å². The van der Waals surface area contributed by atoms with Crippen LogP contribution >= 0.6 is 12.4 Å². The molecule has 1 rings (SSSR count). The van der Waals surface area contributed by atoms with Crippen LogP contribution in [0.25, 0.3) is 0 Å². The summed E-state index contributed by atoms with van der Waals surface area (Å²) in [5.41, 5.74) is 6.16. The van der Waals surface area contributed by atoms with Crippen LogP contribution in [0.15, 0.2) is 24.5 Å². The average Bonchev–Trinajstić information content (AvgIpc) is 2.28. The Kier molecular flexibility index (Phi) is 5.41. The molecule has 0 aliphatic rings. The second-order valence-electron chi connectivity index (χ2n) is 3.97. The van der Waals surface area contributed by atoms with Crippen molar-refractivity contribution in [2.45, 2.75) is 19.9 Å². The van der Waals surface area contributed by atoms with Gasteiger partial charge in [-0.2, -0.15) is 0 Å². The number of methoxy groups -OCH3 is 1.